The highest BCUT2D eigenvalue weighted by molar-refractivity contribution is 5.81. The fourth-order valence-corrected chi connectivity index (χ4v) is 2.72. The first-order chi connectivity index (χ1) is 12.0. The van der Waals surface area contributed by atoms with Crippen LogP contribution in [0.25, 0.3) is 0 Å². The number of carbonyl (C=O) groups is 1. The molecule has 1 N–H and O–H groups in total. The lowest BCUT2D eigenvalue weighted by molar-refractivity contribution is -0.128. The molecular formula is C21H27NO3. The zero-order chi connectivity index (χ0) is 18.4. The number of aryl methyl sites for hydroxylation is 2. The quantitative estimate of drug-likeness (QED) is 0.814. The molecule has 25 heavy (non-hydrogen) atoms. The molecule has 2 atom stereocenters. The van der Waals surface area contributed by atoms with Gasteiger partial charge in [0.2, 0.25) is 0 Å². The molecule has 134 valence electrons. The molecule has 0 aliphatic rings. The second-order valence-electron chi connectivity index (χ2n) is 6.26. The Kier molecular flexibility index (Phi) is 6.45. The van der Waals surface area contributed by atoms with Crippen molar-refractivity contribution in [3.63, 3.8) is 0 Å². The summed E-state index contributed by atoms with van der Waals surface area (Å²) >= 11 is 0. The van der Waals surface area contributed by atoms with E-state index in [1.54, 1.807) is 7.11 Å². The SMILES string of the molecule is CC[C@@H](Oc1cc(C)ccc1C)C(=O)N[C@@H](C)c1ccccc1OC. The maximum absolute atomic E-state index is 12.7. The summed E-state index contributed by atoms with van der Waals surface area (Å²) in [5.74, 6) is 1.40. The summed E-state index contributed by atoms with van der Waals surface area (Å²) in [4.78, 5) is 12.7. The molecule has 0 aliphatic heterocycles. The average molecular weight is 341 g/mol. The Balaban J connectivity index is 2.10. The molecule has 0 spiro atoms. The maximum atomic E-state index is 12.7. The van der Waals surface area contributed by atoms with Gasteiger partial charge < -0.3 is 14.8 Å². The number of carbonyl (C=O) groups excluding carboxylic acids is 1. The van der Waals surface area contributed by atoms with Gasteiger partial charge in [-0.15, -0.1) is 0 Å². The van der Waals surface area contributed by atoms with E-state index in [0.29, 0.717) is 6.42 Å². The molecule has 0 saturated heterocycles. The van der Waals surface area contributed by atoms with E-state index in [9.17, 15) is 4.79 Å². The lowest BCUT2D eigenvalue weighted by Crippen LogP contribution is -2.39. The van der Waals surface area contributed by atoms with Crippen molar-refractivity contribution in [2.24, 2.45) is 0 Å². The third-order valence-electron chi connectivity index (χ3n) is 4.24. The Morgan fingerprint density at radius 2 is 1.84 bits per heavy atom. The third kappa shape index (κ3) is 4.75. The highest BCUT2D eigenvalue weighted by Gasteiger charge is 2.22. The van der Waals surface area contributed by atoms with Crippen LogP contribution < -0.4 is 14.8 Å². The van der Waals surface area contributed by atoms with Crippen LogP contribution in [-0.4, -0.2) is 19.1 Å². The van der Waals surface area contributed by atoms with E-state index in [2.05, 4.69) is 5.32 Å². The summed E-state index contributed by atoms with van der Waals surface area (Å²) in [6.45, 7) is 7.89. The first kappa shape index (κ1) is 18.8. The second-order valence-corrected chi connectivity index (χ2v) is 6.26. The molecule has 0 radical (unpaired) electrons. The van der Waals surface area contributed by atoms with Crippen LogP contribution in [0.2, 0.25) is 0 Å². The van der Waals surface area contributed by atoms with Crippen molar-refractivity contribution in [1.82, 2.24) is 5.32 Å². The third-order valence-corrected chi connectivity index (χ3v) is 4.24. The van der Waals surface area contributed by atoms with Gasteiger partial charge in [-0.3, -0.25) is 4.79 Å². The van der Waals surface area contributed by atoms with Gasteiger partial charge in [-0.1, -0.05) is 37.3 Å². The van der Waals surface area contributed by atoms with Crippen molar-refractivity contribution in [3.8, 4) is 11.5 Å². The Labute approximate surface area is 150 Å². The highest BCUT2D eigenvalue weighted by atomic mass is 16.5. The number of amides is 1. The van der Waals surface area contributed by atoms with Crippen LogP contribution in [0, 0.1) is 13.8 Å². The molecule has 4 nitrogen and oxygen atoms in total. The molecule has 2 aromatic rings. The van der Waals surface area contributed by atoms with Crippen molar-refractivity contribution in [2.75, 3.05) is 7.11 Å². The van der Waals surface area contributed by atoms with Crippen LogP contribution in [0.15, 0.2) is 42.5 Å². The van der Waals surface area contributed by atoms with Crippen molar-refractivity contribution in [2.45, 2.75) is 46.3 Å². The van der Waals surface area contributed by atoms with Crippen LogP contribution in [0.3, 0.4) is 0 Å². The van der Waals surface area contributed by atoms with Crippen molar-refractivity contribution < 1.29 is 14.3 Å². The van der Waals surface area contributed by atoms with E-state index in [0.717, 1.165) is 28.2 Å². The minimum atomic E-state index is -0.530. The molecule has 0 unspecified atom stereocenters. The number of ether oxygens (including phenoxy) is 2. The standard InChI is InChI=1S/C21H27NO3/c1-6-18(25-20-13-14(2)11-12-15(20)3)21(23)22-16(4)17-9-7-8-10-19(17)24-5/h7-13,16,18H,6H2,1-5H3,(H,22,23)/t16-,18+/m0/s1. The number of rotatable bonds is 7. The fraction of sp³-hybridized carbons (Fsp3) is 0.381. The van der Waals surface area contributed by atoms with Gasteiger partial charge in [-0.05, 0) is 50.5 Å². The van der Waals surface area contributed by atoms with Crippen LogP contribution >= 0.6 is 0 Å². The Morgan fingerprint density at radius 3 is 2.52 bits per heavy atom. The number of hydrogen-bond donors (Lipinski definition) is 1. The first-order valence-electron chi connectivity index (χ1n) is 8.63. The van der Waals surface area contributed by atoms with Gasteiger partial charge in [-0.25, -0.2) is 0 Å². The summed E-state index contributed by atoms with van der Waals surface area (Å²) in [6.07, 6.45) is 0.0652. The number of para-hydroxylation sites is 1. The van der Waals surface area contributed by atoms with Gasteiger partial charge in [0.25, 0.3) is 5.91 Å². The van der Waals surface area contributed by atoms with E-state index in [1.807, 2.05) is 70.2 Å². The van der Waals surface area contributed by atoms with E-state index in [-0.39, 0.29) is 11.9 Å². The molecule has 0 saturated carbocycles. The predicted octanol–water partition coefficient (Wildman–Crippen LogP) is 4.35. The summed E-state index contributed by atoms with van der Waals surface area (Å²) in [5.41, 5.74) is 3.08. The number of benzene rings is 2. The molecule has 0 heterocycles. The summed E-state index contributed by atoms with van der Waals surface area (Å²) < 4.78 is 11.4. The zero-order valence-corrected chi connectivity index (χ0v) is 15.6. The van der Waals surface area contributed by atoms with Crippen molar-refractivity contribution in [3.05, 3.63) is 59.2 Å². The van der Waals surface area contributed by atoms with E-state index < -0.39 is 6.10 Å². The van der Waals surface area contributed by atoms with Crippen LogP contribution in [0.4, 0.5) is 0 Å². The van der Waals surface area contributed by atoms with E-state index >= 15 is 0 Å². The van der Waals surface area contributed by atoms with Crippen LogP contribution in [0.1, 0.15) is 43.0 Å². The molecule has 2 rings (SSSR count). The van der Waals surface area contributed by atoms with Gasteiger partial charge >= 0.3 is 0 Å². The van der Waals surface area contributed by atoms with Gasteiger partial charge in [0, 0.05) is 5.56 Å². The van der Waals surface area contributed by atoms with Crippen molar-refractivity contribution >= 4 is 5.91 Å². The number of nitrogens with one attached hydrogen (secondary N) is 1. The Morgan fingerprint density at radius 1 is 1.12 bits per heavy atom. The molecule has 0 fully saturated rings. The Hall–Kier alpha value is -2.49. The van der Waals surface area contributed by atoms with E-state index in [1.165, 1.54) is 0 Å². The topological polar surface area (TPSA) is 47.6 Å². The highest BCUT2D eigenvalue weighted by Crippen LogP contribution is 2.25. The molecule has 1 amide bonds. The molecule has 0 aliphatic carbocycles. The lowest BCUT2D eigenvalue weighted by atomic mass is 10.1. The van der Waals surface area contributed by atoms with Crippen LogP contribution in [0.5, 0.6) is 11.5 Å². The van der Waals surface area contributed by atoms with Gasteiger partial charge in [0.15, 0.2) is 6.10 Å². The molecule has 4 heteroatoms. The minimum absolute atomic E-state index is 0.123. The summed E-state index contributed by atoms with van der Waals surface area (Å²) in [5, 5.41) is 3.03. The number of methoxy groups -OCH3 is 1. The zero-order valence-electron chi connectivity index (χ0n) is 15.6. The van der Waals surface area contributed by atoms with Crippen LogP contribution in [-0.2, 0) is 4.79 Å². The predicted molar refractivity (Wildman–Crippen MR) is 100 cm³/mol. The minimum Gasteiger partial charge on any atom is -0.496 e. The average Bonchev–Trinajstić information content (AvgIpc) is 2.62. The molecular weight excluding hydrogens is 314 g/mol. The summed E-state index contributed by atoms with van der Waals surface area (Å²) in [7, 11) is 1.63. The lowest BCUT2D eigenvalue weighted by Gasteiger charge is -2.22. The summed E-state index contributed by atoms with van der Waals surface area (Å²) in [6, 6.07) is 13.5. The first-order valence-corrected chi connectivity index (χ1v) is 8.63. The molecule has 0 bridgehead atoms. The fourth-order valence-electron chi connectivity index (χ4n) is 2.72. The monoisotopic (exact) mass is 341 g/mol. The maximum Gasteiger partial charge on any atom is 0.261 e. The van der Waals surface area contributed by atoms with Crippen molar-refractivity contribution in [1.29, 1.82) is 0 Å². The molecule has 2 aromatic carbocycles. The van der Waals surface area contributed by atoms with Gasteiger partial charge in [0.05, 0.1) is 13.2 Å². The number of hydrogen-bond acceptors (Lipinski definition) is 3. The van der Waals surface area contributed by atoms with Gasteiger partial charge in [-0.2, -0.15) is 0 Å². The molecule has 0 aromatic heterocycles. The Bertz CT molecular complexity index is 727. The van der Waals surface area contributed by atoms with Gasteiger partial charge in [0.1, 0.15) is 11.5 Å². The van der Waals surface area contributed by atoms with E-state index in [4.69, 9.17) is 9.47 Å². The smallest absolute Gasteiger partial charge is 0.261 e. The largest absolute Gasteiger partial charge is 0.496 e. The second kappa shape index (κ2) is 8.56. The normalized spacial score (nSPS) is 13.0.